The lowest BCUT2D eigenvalue weighted by atomic mass is 10.0. The largest absolute Gasteiger partial charge is 0.350 e. The number of aromatic nitrogens is 1. The molecule has 4 nitrogen and oxygen atoms in total. The molecule has 1 rings (SSSR count). The lowest BCUT2D eigenvalue weighted by Gasteiger charge is -2.32. The molecular weight excluding hydrogens is 274 g/mol. The smallest absolute Gasteiger partial charge is 0.251 e. The zero-order valence-corrected chi connectivity index (χ0v) is 13.7. The minimum Gasteiger partial charge on any atom is -0.350 e. The predicted octanol–water partition coefficient (Wildman–Crippen LogP) is 2.76. The average molecular weight is 298 g/mol. The minimum absolute atomic E-state index is 0.0985. The van der Waals surface area contributed by atoms with Crippen LogP contribution in [-0.2, 0) is 6.42 Å². The molecule has 0 fully saturated rings. The summed E-state index contributed by atoms with van der Waals surface area (Å²) in [7, 11) is 3.99. The number of likely N-dealkylation sites (N-methyl/N-ethyl adjacent to an activating group) is 1. The normalized spacial score (nSPS) is 11.8. The molecule has 0 radical (unpaired) electrons. The van der Waals surface area contributed by atoms with E-state index < -0.39 is 0 Å². The Labute approximate surface area is 126 Å². The molecule has 0 saturated heterocycles. The van der Waals surface area contributed by atoms with Crippen molar-refractivity contribution in [2.75, 3.05) is 20.6 Å². The van der Waals surface area contributed by atoms with Gasteiger partial charge in [-0.2, -0.15) is 0 Å². The molecule has 0 saturated carbocycles. The van der Waals surface area contributed by atoms with Crippen LogP contribution in [0.3, 0.4) is 0 Å². The summed E-state index contributed by atoms with van der Waals surface area (Å²) >= 11 is 5.97. The maximum atomic E-state index is 12.2. The number of halogens is 1. The first-order chi connectivity index (χ1) is 9.26. The van der Waals surface area contributed by atoms with Crippen LogP contribution in [0.15, 0.2) is 12.1 Å². The first-order valence-corrected chi connectivity index (χ1v) is 7.26. The van der Waals surface area contributed by atoms with E-state index in [1.165, 1.54) is 0 Å². The Morgan fingerprint density at radius 2 is 2.05 bits per heavy atom. The van der Waals surface area contributed by atoms with E-state index in [-0.39, 0.29) is 11.4 Å². The molecular formula is C15H24ClN3O. The van der Waals surface area contributed by atoms with E-state index in [2.05, 4.69) is 36.0 Å². The third kappa shape index (κ3) is 4.76. The van der Waals surface area contributed by atoms with E-state index in [1.54, 1.807) is 6.07 Å². The molecule has 1 heterocycles. The summed E-state index contributed by atoms with van der Waals surface area (Å²) in [5.74, 6) is -0.110. The van der Waals surface area contributed by atoms with Crippen molar-refractivity contribution in [1.29, 1.82) is 0 Å². The van der Waals surface area contributed by atoms with Gasteiger partial charge < -0.3 is 10.2 Å². The SMILES string of the molecule is CCCc1cc(C(=O)NCC(C)(C)N(C)C)cc(Cl)n1. The van der Waals surface area contributed by atoms with Gasteiger partial charge in [-0.3, -0.25) is 4.79 Å². The molecule has 0 atom stereocenters. The molecule has 112 valence electrons. The number of carbonyl (C=O) groups is 1. The van der Waals surface area contributed by atoms with Crippen LogP contribution in [-0.4, -0.2) is 42.0 Å². The van der Waals surface area contributed by atoms with Crippen LogP contribution in [0.1, 0.15) is 43.2 Å². The molecule has 0 aliphatic heterocycles. The van der Waals surface area contributed by atoms with E-state index in [0.29, 0.717) is 17.3 Å². The number of carbonyl (C=O) groups excluding carboxylic acids is 1. The zero-order valence-electron chi connectivity index (χ0n) is 13.0. The Balaban J connectivity index is 2.77. The summed E-state index contributed by atoms with van der Waals surface area (Å²) < 4.78 is 0. The summed E-state index contributed by atoms with van der Waals surface area (Å²) in [4.78, 5) is 18.5. The van der Waals surface area contributed by atoms with Crippen LogP contribution in [0, 0.1) is 0 Å². The fourth-order valence-electron chi connectivity index (χ4n) is 1.62. The van der Waals surface area contributed by atoms with Crippen LogP contribution in [0.5, 0.6) is 0 Å². The van der Waals surface area contributed by atoms with E-state index >= 15 is 0 Å². The Bertz CT molecular complexity index is 472. The molecule has 0 bridgehead atoms. The van der Waals surface area contributed by atoms with Crippen LogP contribution in [0.4, 0.5) is 0 Å². The second-order valence-corrected chi connectivity index (χ2v) is 6.20. The lowest BCUT2D eigenvalue weighted by Crippen LogP contribution is -2.48. The Hall–Kier alpha value is -1.13. The van der Waals surface area contributed by atoms with Crippen molar-refractivity contribution in [2.45, 2.75) is 39.2 Å². The van der Waals surface area contributed by atoms with Crippen molar-refractivity contribution in [1.82, 2.24) is 15.2 Å². The molecule has 5 heteroatoms. The third-order valence-electron chi connectivity index (χ3n) is 3.51. The average Bonchev–Trinajstić information content (AvgIpc) is 2.35. The number of nitrogens with zero attached hydrogens (tertiary/aromatic N) is 2. The molecule has 1 aromatic heterocycles. The Kier molecular flexibility index (Phi) is 5.96. The molecule has 0 aliphatic rings. The van der Waals surface area contributed by atoms with Gasteiger partial charge in [0.25, 0.3) is 5.91 Å². The second-order valence-electron chi connectivity index (χ2n) is 5.81. The highest BCUT2D eigenvalue weighted by molar-refractivity contribution is 6.29. The number of pyridine rings is 1. The first-order valence-electron chi connectivity index (χ1n) is 6.88. The summed E-state index contributed by atoms with van der Waals surface area (Å²) in [6.45, 7) is 6.80. The van der Waals surface area contributed by atoms with Crippen molar-refractivity contribution >= 4 is 17.5 Å². The number of amides is 1. The number of rotatable bonds is 6. The molecule has 1 N–H and O–H groups in total. The van der Waals surface area contributed by atoms with Crippen molar-refractivity contribution in [3.8, 4) is 0 Å². The van der Waals surface area contributed by atoms with Gasteiger partial charge in [0.1, 0.15) is 5.15 Å². The number of hydrogen-bond acceptors (Lipinski definition) is 3. The highest BCUT2D eigenvalue weighted by atomic mass is 35.5. The molecule has 20 heavy (non-hydrogen) atoms. The summed E-state index contributed by atoms with van der Waals surface area (Å²) in [6, 6.07) is 3.42. The van der Waals surface area contributed by atoms with Crippen LogP contribution < -0.4 is 5.32 Å². The van der Waals surface area contributed by atoms with Gasteiger partial charge >= 0.3 is 0 Å². The van der Waals surface area contributed by atoms with Gasteiger partial charge in [-0.15, -0.1) is 0 Å². The number of hydrogen-bond donors (Lipinski definition) is 1. The molecule has 0 spiro atoms. The molecule has 0 aliphatic carbocycles. The minimum atomic E-state index is -0.110. The van der Waals surface area contributed by atoms with E-state index in [4.69, 9.17) is 11.6 Å². The van der Waals surface area contributed by atoms with Crippen molar-refractivity contribution in [2.24, 2.45) is 0 Å². The van der Waals surface area contributed by atoms with Gasteiger partial charge in [-0.25, -0.2) is 4.98 Å². The second kappa shape index (κ2) is 7.04. The van der Waals surface area contributed by atoms with Gasteiger partial charge in [0.15, 0.2) is 0 Å². The molecule has 0 unspecified atom stereocenters. The van der Waals surface area contributed by atoms with Crippen LogP contribution >= 0.6 is 11.6 Å². The molecule has 1 amide bonds. The Morgan fingerprint density at radius 3 is 2.60 bits per heavy atom. The van der Waals surface area contributed by atoms with E-state index in [1.807, 2.05) is 20.2 Å². The van der Waals surface area contributed by atoms with E-state index in [9.17, 15) is 4.79 Å². The quantitative estimate of drug-likeness (QED) is 0.821. The van der Waals surface area contributed by atoms with Crippen LogP contribution in [0.2, 0.25) is 5.15 Å². The number of nitrogens with one attached hydrogen (secondary N) is 1. The maximum Gasteiger partial charge on any atom is 0.251 e. The van der Waals surface area contributed by atoms with Gasteiger partial charge in [0.05, 0.1) is 0 Å². The summed E-state index contributed by atoms with van der Waals surface area (Å²) in [6.07, 6.45) is 1.80. The van der Waals surface area contributed by atoms with Crippen molar-refractivity contribution in [3.63, 3.8) is 0 Å². The highest BCUT2D eigenvalue weighted by Crippen LogP contribution is 2.13. The standard InChI is InChI=1S/C15H24ClN3O/c1-6-7-12-8-11(9-13(16)18-12)14(20)17-10-15(2,3)19(4)5/h8-9H,6-7,10H2,1-5H3,(H,17,20). The van der Waals surface area contributed by atoms with Crippen molar-refractivity contribution in [3.05, 3.63) is 28.5 Å². The van der Waals surface area contributed by atoms with Gasteiger partial charge in [0.2, 0.25) is 0 Å². The fraction of sp³-hybridized carbons (Fsp3) is 0.600. The van der Waals surface area contributed by atoms with Gasteiger partial charge in [-0.1, -0.05) is 24.9 Å². The van der Waals surface area contributed by atoms with Gasteiger partial charge in [-0.05, 0) is 46.5 Å². The van der Waals surface area contributed by atoms with Crippen molar-refractivity contribution < 1.29 is 4.79 Å². The monoisotopic (exact) mass is 297 g/mol. The highest BCUT2D eigenvalue weighted by Gasteiger charge is 2.21. The predicted molar refractivity (Wildman–Crippen MR) is 83.3 cm³/mol. The maximum absolute atomic E-state index is 12.2. The first kappa shape index (κ1) is 16.9. The molecule has 1 aromatic rings. The Morgan fingerprint density at radius 1 is 1.40 bits per heavy atom. The lowest BCUT2D eigenvalue weighted by molar-refractivity contribution is 0.0919. The topological polar surface area (TPSA) is 45.2 Å². The zero-order chi connectivity index (χ0) is 15.3. The van der Waals surface area contributed by atoms with E-state index in [0.717, 1.165) is 18.5 Å². The summed E-state index contributed by atoms with van der Waals surface area (Å²) in [5.41, 5.74) is 1.33. The van der Waals surface area contributed by atoms with Gasteiger partial charge in [0, 0.05) is 23.3 Å². The summed E-state index contributed by atoms with van der Waals surface area (Å²) in [5, 5.41) is 3.32. The third-order valence-corrected chi connectivity index (χ3v) is 3.70. The number of aryl methyl sites for hydroxylation is 1. The fourth-order valence-corrected chi connectivity index (χ4v) is 1.85. The molecule has 0 aromatic carbocycles. The van der Waals surface area contributed by atoms with Crippen LogP contribution in [0.25, 0.3) is 0 Å².